The van der Waals surface area contributed by atoms with Crippen molar-refractivity contribution in [1.82, 2.24) is 9.88 Å². The second-order valence-electron chi connectivity index (χ2n) is 4.29. The number of ether oxygens (including phenoxy) is 1. The summed E-state index contributed by atoms with van der Waals surface area (Å²) >= 11 is 1.43. The Morgan fingerprint density at radius 1 is 1.50 bits per heavy atom. The lowest BCUT2D eigenvalue weighted by atomic mass is 10.1. The first-order valence-corrected chi connectivity index (χ1v) is 7.50. The second kappa shape index (κ2) is 10.1. The van der Waals surface area contributed by atoms with Crippen molar-refractivity contribution >= 4 is 29.7 Å². The Kier molecular flexibility index (Phi) is 9.75. The molecule has 0 aliphatic heterocycles. The molecule has 1 heterocycles. The zero-order valence-electron chi connectivity index (χ0n) is 12.3. The number of amides is 1. The Morgan fingerprint density at radius 2 is 2.15 bits per heavy atom. The third-order valence-electron chi connectivity index (χ3n) is 3.13. The number of halogens is 1. The molecule has 116 valence electrons. The summed E-state index contributed by atoms with van der Waals surface area (Å²) in [6, 6.07) is 0.227. The molecule has 0 atom stereocenters. The molecule has 0 saturated carbocycles. The highest BCUT2D eigenvalue weighted by atomic mass is 35.5. The maximum absolute atomic E-state index is 12.5. The number of hydrogen-bond acceptors (Lipinski definition) is 5. The highest BCUT2D eigenvalue weighted by Crippen LogP contribution is 2.16. The fraction of sp³-hybridized carbons (Fsp3) is 0.692. The third-order valence-corrected chi connectivity index (χ3v) is 4.00. The predicted molar refractivity (Wildman–Crippen MR) is 84.5 cm³/mol. The van der Waals surface area contributed by atoms with Gasteiger partial charge in [0.2, 0.25) is 0 Å². The van der Waals surface area contributed by atoms with E-state index in [0.29, 0.717) is 25.4 Å². The van der Waals surface area contributed by atoms with E-state index in [1.165, 1.54) is 11.3 Å². The van der Waals surface area contributed by atoms with Gasteiger partial charge in [-0.15, -0.1) is 23.7 Å². The van der Waals surface area contributed by atoms with Gasteiger partial charge in [-0.3, -0.25) is 4.79 Å². The van der Waals surface area contributed by atoms with Gasteiger partial charge >= 0.3 is 0 Å². The van der Waals surface area contributed by atoms with Crippen LogP contribution in [0.25, 0.3) is 0 Å². The summed E-state index contributed by atoms with van der Waals surface area (Å²) in [7, 11) is 1.64. The highest BCUT2D eigenvalue weighted by molar-refractivity contribution is 7.09. The average molecular weight is 322 g/mol. The molecule has 5 nitrogen and oxygen atoms in total. The van der Waals surface area contributed by atoms with Crippen molar-refractivity contribution in [1.29, 1.82) is 0 Å². The molecule has 0 unspecified atom stereocenters. The largest absolute Gasteiger partial charge is 0.383 e. The molecular formula is C13H24ClN3O2S. The predicted octanol–water partition coefficient (Wildman–Crippen LogP) is 2.30. The zero-order chi connectivity index (χ0) is 14.3. The Morgan fingerprint density at radius 3 is 2.60 bits per heavy atom. The van der Waals surface area contributed by atoms with Gasteiger partial charge in [0.05, 0.1) is 6.61 Å². The Bertz CT molecular complexity index is 397. The van der Waals surface area contributed by atoms with E-state index in [9.17, 15) is 4.79 Å². The molecule has 0 radical (unpaired) electrons. The molecule has 0 aromatic carbocycles. The second-order valence-corrected chi connectivity index (χ2v) is 5.23. The standard InChI is InChI=1S/C13H23N3O2S.ClH/c1-4-10(5-2)16(6-7-18-3)13(17)11-9-19-12(8-14)15-11;/h9-10H,4-8,14H2,1-3H3;1H. The maximum Gasteiger partial charge on any atom is 0.273 e. The Labute approximate surface area is 130 Å². The highest BCUT2D eigenvalue weighted by Gasteiger charge is 2.23. The van der Waals surface area contributed by atoms with E-state index in [2.05, 4.69) is 18.8 Å². The van der Waals surface area contributed by atoms with Crippen LogP contribution in [0.2, 0.25) is 0 Å². The molecule has 0 fully saturated rings. The van der Waals surface area contributed by atoms with E-state index in [-0.39, 0.29) is 24.4 Å². The van der Waals surface area contributed by atoms with Gasteiger partial charge in [-0.25, -0.2) is 4.98 Å². The molecule has 0 bridgehead atoms. The molecule has 1 amide bonds. The number of methoxy groups -OCH3 is 1. The summed E-state index contributed by atoms with van der Waals surface area (Å²) in [5, 5.41) is 2.58. The van der Waals surface area contributed by atoms with Crippen molar-refractivity contribution in [3.05, 3.63) is 16.1 Å². The molecule has 20 heavy (non-hydrogen) atoms. The Balaban J connectivity index is 0.00000361. The summed E-state index contributed by atoms with van der Waals surface area (Å²) in [6.45, 7) is 5.69. The van der Waals surface area contributed by atoms with Crippen molar-refractivity contribution in [2.24, 2.45) is 5.73 Å². The number of carbonyl (C=O) groups excluding carboxylic acids is 1. The number of nitrogens with two attached hydrogens (primary N) is 1. The molecule has 2 N–H and O–H groups in total. The number of hydrogen-bond donors (Lipinski definition) is 1. The summed E-state index contributed by atoms with van der Waals surface area (Å²) in [6.07, 6.45) is 1.86. The van der Waals surface area contributed by atoms with Gasteiger partial charge in [-0.1, -0.05) is 13.8 Å². The lowest BCUT2D eigenvalue weighted by Crippen LogP contribution is -2.42. The van der Waals surface area contributed by atoms with E-state index in [1.807, 2.05) is 4.90 Å². The van der Waals surface area contributed by atoms with Crippen LogP contribution in [0.15, 0.2) is 5.38 Å². The van der Waals surface area contributed by atoms with Crippen LogP contribution in [-0.2, 0) is 11.3 Å². The van der Waals surface area contributed by atoms with Crippen LogP contribution >= 0.6 is 23.7 Å². The molecule has 7 heteroatoms. The first-order valence-electron chi connectivity index (χ1n) is 6.62. The van der Waals surface area contributed by atoms with Crippen molar-refractivity contribution in [2.45, 2.75) is 39.3 Å². The lowest BCUT2D eigenvalue weighted by Gasteiger charge is -2.29. The van der Waals surface area contributed by atoms with E-state index in [4.69, 9.17) is 10.5 Å². The van der Waals surface area contributed by atoms with Crippen LogP contribution in [0.1, 0.15) is 42.2 Å². The molecule has 0 aliphatic carbocycles. The molecule has 0 saturated heterocycles. The monoisotopic (exact) mass is 321 g/mol. The molecular weight excluding hydrogens is 298 g/mol. The van der Waals surface area contributed by atoms with E-state index < -0.39 is 0 Å². The topological polar surface area (TPSA) is 68.5 Å². The van der Waals surface area contributed by atoms with Gasteiger partial charge in [0.15, 0.2) is 0 Å². The van der Waals surface area contributed by atoms with Gasteiger partial charge in [0.25, 0.3) is 5.91 Å². The molecule has 1 aromatic rings. The quantitative estimate of drug-likeness (QED) is 0.797. The van der Waals surface area contributed by atoms with Crippen LogP contribution in [0.3, 0.4) is 0 Å². The minimum atomic E-state index is -0.0262. The van der Waals surface area contributed by atoms with Gasteiger partial charge in [0.1, 0.15) is 10.7 Å². The van der Waals surface area contributed by atoms with Gasteiger partial charge in [0, 0.05) is 31.6 Å². The first kappa shape index (κ1) is 19.3. The smallest absolute Gasteiger partial charge is 0.273 e. The van der Waals surface area contributed by atoms with Crippen molar-refractivity contribution in [2.75, 3.05) is 20.3 Å². The molecule has 1 rings (SSSR count). The lowest BCUT2D eigenvalue weighted by molar-refractivity contribution is 0.0584. The normalized spacial score (nSPS) is 10.4. The SMILES string of the molecule is CCC(CC)N(CCOC)C(=O)c1csc(CN)n1.Cl. The fourth-order valence-corrected chi connectivity index (χ4v) is 2.67. The first-order chi connectivity index (χ1) is 9.17. The minimum absolute atomic E-state index is 0. The Hall–Kier alpha value is -0.690. The van der Waals surface area contributed by atoms with Crippen molar-refractivity contribution in [3.8, 4) is 0 Å². The summed E-state index contributed by atoms with van der Waals surface area (Å²) < 4.78 is 5.09. The molecule has 0 aliphatic rings. The minimum Gasteiger partial charge on any atom is -0.383 e. The van der Waals surface area contributed by atoms with Gasteiger partial charge in [-0.05, 0) is 12.8 Å². The van der Waals surface area contributed by atoms with Crippen LogP contribution in [0.4, 0.5) is 0 Å². The number of aromatic nitrogens is 1. The summed E-state index contributed by atoms with van der Waals surface area (Å²) in [5.74, 6) is -0.0262. The van der Waals surface area contributed by atoms with Crippen LogP contribution in [-0.4, -0.2) is 42.1 Å². The summed E-state index contributed by atoms with van der Waals surface area (Å²) in [4.78, 5) is 18.6. The molecule has 1 aromatic heterocycles. The number of rotatable bonds is 8. The number of nitrogens with zero attached hydrogens (tertiary/aromatic N) is 2. The zero-order valence-corrected chi connectivity index (χ0v) is 13.9. The van der Waals surface area contributed by atoms with Crippen molar-refractivity contribution < 1.29 is 9.53 Å². The van der Waals surface area contributed by atoms with E-state index >= 15 is 0 Å². The number of carbonyl (C=O) groups is 1. The van der Waals surface area contributed by atoms with Crippen LogP contribution in [0, 0.1) is 0 Å². The van der Waals surface area contributed by atoms with Crippen molar-refractivity contribution in [3.63, 3.8) is 0 Å². The third kappa shape index (κ3) is 5.01. The number of thiazole rings is 1. The van der Waals surface area contributed by atoms with E-state index in [1.54, 1.807) is 12.5 Å². The van der Waals surface area contributed by atoms with Gasteiger partial charge < -0.3 is 15.4 Å². The summed E-state index contributed by atoms with van der Waals surface area (Å²) in [5.41, 5.74) is 6.03. The van der Waals surface area contributed by atoms with E-state index in [0.717, 1.165) is 17.8 Å². The average Bonchev–Trinajstić information content (AvgIpc) is 2.91. The van der Waals surface area contributed by atoms with Crippen LogP contribution < -0.4 is 5.73 Å². The van der Waals surface area contributed by atoms with Gasteiger partial charge in [-0.2, -0.15) is 0 Å². The fourth-order valence-electron chi connectivity index (χ4n) is 2.02. The molecule has 0 spiro atoms. The maximum atomic E-state index is 12.5. The van der Waals surface area contributed by atoms with Crippen LogP contribution in [0.5, 0.6) is 0 Å².